The molecule has 0 spiro atoms. The number of piperazine rings is 1. The van der Waals surface area contributed by atoms with Crippen molar-refractivity contribution < 1.29 is 22.3 Å². The summed E-state index contributed by atoms with van der Waals surface area (Å²) < 4.78 is 54.2. The third-order valence-electron chi connectivity index (χ3n) is 3.76. The third-order valence-corrected chi connectivity index (χ3v) is 3.76. The summed E-state index contributed by atoms with van der Waals surface area (Å²) in [6.45, 7) is 7.28. The molecular weight excluding hydrogens is 312 g/mol. The molecule has 0 aromatic heterocycles. The first-order valence-corrected chi connectivity index (χ1v) is 7.44. The largest absolute Gasteiger partial charge is 0.461 e. The molecule has 0 radical (unpaired) electrons. The molecule has 1 aromatic carbocycles. The van der Waals surface area contributed by atoms with Gasteiger partial charge in [-0.1, -0.05) is 18.2 Å². The summed E-state index contributed by atoms with van der Waals surface area (Å²) >= 11 is 0. The van der Waals surface area contributed by atoms with Gasteiger partial charge < -0.3 is 10.1 Å². The van der Waals surface area contributed by atoms with Crippen molar-refractivity contribution in [3.8, 4) is 5.75 Å². The molecule has 2 rings (SSSR count). The van der Waals surface area contributed by atoms with Gasteiger partial charge in [0.2, 0.25) is 0 Å². The minimum absolute atomic E-state index is 0.0826. The molecular formula is C16H20F4N2O. The fourth-order valence-corrected chi connectivity index (χ4v) is 2.61. The molecule has 1 saturated heterocycles. The normalized spacial score (nSPS) is 18.0. The van der Waals surface area contributed by atoms with Crippen LogP contribution in [0.3, 0.4) is 0 Å². The molecule has 0 amide bonds. The van der Waals surface area contributed by atoms with Crippen molar-refractivity contribution in [3.05, 3.63) is 42.5 Å². The molecule has 23 heavy (non-hydrogen) atoms. The Hall–Kier alpha value is -1.60. The number of benzene rings is 1. The van der Waals surface area contributed by atoms with E-state index in [1.807, 2.05) is 6.08 Å². The lowest BCUT2D eigenvalue weighted by Crippen LogP contribution is -2.45. The number of alkyl halides is 4. The Labute approximate surface area is 132 Å². The zero-order chi connectivity index (χ0) is 16.9. The highest BCUT2D eigenvalue weighted by atomic mass is 19.3. The van der Waals surface area contributed by atoms with Gasteiger partial charge >= 0.3 is 12.5 Å². The molecule has 1 atom stereocenters. The predicted molar refractivity (Wildman–Crippen MR) is 80.0 cm³/mol. The number of hydrogen-bond acceptors (Lipinski definition) is 3. The first-order chi connectivity index (χ1) is 10.9. The summed E-state index contributed by atoms with van der Waals surface area (Å²) in [5, 5.41) is 3.27. The van der Waals surface area contributed by atoms with E-state index in [4.69, 9.17) is 0 Å². The van der Waals surface area contributed by atoms with Crippen LogP contribution in [0, 0.1) is 0 Å². The van der Waals surface area contributed by atoms with Crippen LogP contribution in [0.1, 0.15) is 18.0 Å². The number of ether oxygens (including phenoxy) is 1. The quantitative estimate of drug-likeness (QED) is 0.611. The summed E-state index contributed by atoms with van der Waals surface area (Å²) in [5.41, 5.74) is 0.916. The average molecular weight is 332 g/mol. The van der Waals surface area contributed by atoms with Crippen molar-refractivity contribution in [2.75, 3.05) is 26.2 Å². The number of nitrogens with zero attached hydrogens (tertiary/aromatic N) is 1. The van der Waals surface area contributed by atoms with Gasteiger partial charge in [-0.3, -0.25) is 4.90 Å². The highest BCUT2D eigenvalue weighted by molar-refractivity contribution is 5.30. The van der Waals surface area contributed by atoms with Crippen molar-refractivity contribution in [2.24, 2.45) is 0 Å². The Bertz CT molecular complexity index is 501. The molecule has 0 aliphatic carbocycles. The van der Waals surface area contributed by atoms with E-state index in [-0.39, 0.29) is 11.8 Å². The van der Waals surface area contributed by atoms with E-state index in [0.717, 1.165) is 31.7 Å². The lowest BCUT2D eigenvalue weighted by Gasteiger charge is -2.34. The first-order valence-electron chi connectivity index (χ1n) is 7.44. The molecule has 0 bridgehead atoms. The second-order valence-electron chi connectivity index (χ2n) is 5.36. The lowest BCUT2D eigenvalue weighted by molar-refractivity contribution is -0.253. The van der Waals surface area contributed by atoms with Gasteiger partial charge in [0, 0.05) is 32.2 Å². The van der Waals surface area contributed by atoms with E-state index in [0.29, 0.717) is 6.42 Å². The molecule has 1 N–H and O–H groups in total. The van der Waals surface area contributed by atoms with Gasteiger partial charge in [0.15, 0.2) is 0 Å². The van der Waals surface area contributed by atoms with Gasteiger partial charge in [0.25, 0.3) is 0 Å². The summed E-state index contributed by atoms with van der Waals surface area (Å²) in [7, 11) is 0. The summed E-state index contributed by atoms with van der Waals surface area (Å²) in [5.74, 6) is -0.281. The van der Waals surface area contributed by atoms with Crippen LogP contribution in [-0.4, -0.2) is 43.6 Å². The van der Waals surface area contributed by atoms with E-state index in [2.05, 4.69) is 21.5 Å². The van der Waals surface area contributed by atoms with E-state index < -0.39 is 12.5 Å². The van der Waals surface area contributed by atoms with Crippen LogP contribution in [-0.2, 0) is 0 Å². The van der Waals surface area contributed by atoms with Crippen LogP contribution < -0.4 is 10.1 Å². The maximum absolute atomic E-state index is 12.9. The zero-order valence-electron chi connectivity index (χ0n) is 12.7. The fraction of sp³-hybridized carbons (Fsp3) is 0.500. The summed E-state index contributed by atoms with van der Waals surface area (Å²) in [6.07, 6.45) is -5.83. The number of halogens is 4. The Morgan fingerprint density at radius 1 is 1.22 bits per heavy atom. The minimum atomic E-state index is -4.49. The molecule has 1 fully saturated rings. The van der Waals surface area contributed by atoms with E-state index in [1.165, 1.54) is 12.1 Å². The molecule has 7 heteroatoms. The van der Waals surface area contributed by atoms with E-state index in [1.54, 1.807) is 12.1 Å². The molecule has 1 heterocycles. The van der Waals surface area contributed by atoms with Crippen LogP contribution in [0.2, 0.25) is 0 Å². The second-order valence-corrected chi connectivity index (χ2v) is 5.36. The van der Waals surface area contributed by atoms with Crippen LogP contribution in [0.4, 0.5) is 17.6 Å². The number of hydrogen-bond donors (Lipinski definition) is 1. The van der Waals surface area contributed by atoms with E-state index >= 15 is 0 Å². The van der Waals surface area contributed by atoms with Gasteiger partial charge in [-0.15, -0.1) is 6.58 Å². The zero-order valence-corrected chi connectivity index (χ0v) is 12.7. The van der Waals surface area contributed by atoms with Crippen molar-refractivity contribution in [3.63, 3.8) is 0 Å². The SMILES string of the molecule is C=CC[C@H](c1ccc(OC(F)(F)C(F)F)cc1)N1CCNCC1. The highest BCUT2D eigenvalue weighted by Gasteiger charge is 2.43. The molecule has 1 aliphatic rings. The molecule has 3 nitrogen and oxygen atoms in total. The van der Waals surface area contributed by atoms with Crippen molar-refractivity contribution in [1.82, 2.24) is 10.2 Å². The Kier molecular flexibility index (Phi) is 6.01. The van der Waals surface area contributed by atoms with Crippen LogP contribution >= 0.6 is 0 Å². The predicted octanol–water partition coefficient (Wildman–Crippen LogP) is 3.45. The van der Waals surface area contributed by atoms with Gasteiger partial charge in [-0.05, 0) is 24.1 Å². The number of nitrogens with one attached hydrogen (secondary N) is 1. The topological polar surface area (TPSA) is 24.5 Å². The fourth-order valence-electron chi connectivity index (χ4n) is 2.61. The molecule has 0 saturated carbocycles. The van der Waals surface area contributed by atoms with E-state index in [9.17, 15) is 17.6 Å². The van der Waals surface area contributed by atoms with Gasteiger partial charge in [0.05, 0.1) is 0 Å². The molecule has 128 valence electrons. The van der Waals surface area contributed by atoms with Crippen LogP contribution in [0.15, 0.2) is 36.9 Å². The third kappa shape index (κ3) is 4.68. The van der Waals surface area contributed by atoms with Crippen LogP contribution in [0.25, 0.3) is 0 Å². The first kappa shape index (κ1) is 17.7. The standard InChI is InChI=1S/C16H20F4N2O/c1-2-3-14(22-10-8-21-9-11-22)12-4-6-13(7-5-12)23-16(19,20)15(17)18/h2,4-7,14-15,21H,1,3,8-11H2/t14-/m1/s1. The van der Waals surface area contributed by atoms with Gasteiger partial charge in [-0.25, -0.2) is 0 Å². The highest BCUT2D eigenvalue weighted by Crippen LogP contribution is 2.30. The minimum Gasteiger partial charge on any atom is -0.428 e. The molecule has 0 unspecified atom stereocenters. The van der Waals surface area contributed by atoms with Crippen molar-refractivity contribution in [1.29, 1.82) is 0 Å². The van der Waals surface area contributed by atoms with Gasteiger partial charge in [-0.2, -0.15) is 17.6 Å². The van der Waals surface area contributed by atoms with Crippen LogP contribution in [0.5, 0.6) is 5.75 Å². The average Bonchev–Trinajstić information content (AvgIpc) is 2.54. The smallest absolute Gasteiger partial charge is 0.428 e. The Morgan fingerprint density at radius 3 is 2.35 bits per heavy atom. The maximum atomic E-state index is 12.9. The second kappa shape index (κ2) is 7.79. The number of rotatable bonds is 7. The lowest BCUT2D eigenvalue weighted by atomic mass is 10.0. The maximum Gasteiger partial charge on any atom is 0.461 e. The summed E-state index contributed by atoms with van der Waals surface area (Å²) in [6, 6.07) is 5.94. The molecule has 1 aromatic rings. The monoisotopic (exact) mass is 332 g/mol. The Morgan fingerprint density at radius 2 is 1.83 bits per heavy atom. The van der Waals surface area contributed by atoms with Crippen molar-refractivity contribution >= 4 is 0 Å². The Balaban J connectivity index is 2.10. The summed E-state index contributed by atoms with van der Waals surface area (Å²) in [4.78, 5) is 2.28. The van der Waals surface area contributed by atoms with Crippen molar-refractivity contribution in [2.45, 2.75) is 25.0 Å². The van der Waals surface area contributed by atoms with Gasteiger partial charge in [0.1, 0.15) is 5.75 Å². The molecule has 1 aliphatic heterocycles.